The van der Waals surface area contributed by atoms with E-state index in [0.717, 1.165) is 22.0 Å². The van der Waals surface area contributed by atoms with E-state index in [1.165, 1.54) is 69.6 Å². The van der Waals surface area contributed by atoms with Crippen molar-refractivity contribution in [3.05, 3.63) is 48.0 Å². The average molecular weight is 383 g/mol. The second-order valence-electron chi connectivity index (χ2n) is 8.98. The number of ketones is 1. The van der Waals surface area contributed by atoms with E-state index < -0.39 is 0 Å². The van der Waals surface area contributed by atoms with Crippen molar-refractivity contribution in [2.24, 2.45) is 0 Å². The number of likely N-dealkylation sites (N-methyl/N-ethyl adjacent to an activating group) is 1. The molecule has 0 atom stereocenters. The topological polar surface area (TPSA) is 17.1 Å². The van der Waals surface area contributed by atoms with E-state index in [0.29, 0.717) is 6.54 Å². The summed E-state index contributed by atoms with van der Waals surface area (Å²) >= 11 is 0. The van der Waals surface area contributed by atoms with Gasteiger partial charge in [-0.1, -0.05) is 94.7 Å². The van der Waals surface area contributed by atoms with Gasteiger partial charge in [-0.25, -0.2) is 0 Å². The van der Waals surface area contributed by atoms with Gasteiger partial charge in [-0.2, -0.15) is 0 Å². The first-order valence-corrected chi connectivity index (χ1v) is 11.4. The molecular formula is C26H40NO+. The first-order chi connectivity index (χ1) is 13.5. The van der Waals surface area contributed by atoms with Crippen molar-refractivity contribution < 1.29 is 9.28 Å². The second kappa shape index (κ2) is 12.0. The van der Waals surface area contributed by atoms with Crippen LogP contribution in [0.15, 0.2) is 42.5 Å². The van der Waals surface area contributed by atoms with Gasteiger partial charge in [0.25, 0.3) is 0 Å². The van der Waals surface area contributed by atoms with Crippen molar-refractivity contribution in [3.63, 3.8) is 0 Å². The lowest BCUT2D eigenvalue weighted by Crippen LogP contribution is -2.44. The number of nitrogens with zero attached hydrogens (tertiary/aromatic N) is 1. The largest absolute Gasteiger partial charge is 0.322 e. The minimum Gasteiger partial charge on any atom is -0.322 e. The van der Waals surface area contributed by atoms with Crippen molar-refractivity contribution in [1.29, 1.82) is 0 Å². The highest BCUT2D eigenvalue weighted by atomic mass is 16.1. The third kappa shape index (κ3) is 8.14. The molecule has 0 N–H and O–H groups in total. The fourth-order valence-electron chi connectivity index (χ4n) is 3.95. The maximum Gasteiger partial charge on any atom is 0.216 e. The fourth-order valence-corrected chi connectivity index (χ4v) is 3.95. The number of fused-ring (bicyclic) bond motifs is 1. The molecule has 2 aromatic rings. The number of rotatable bonds is 14. The molecular weight excluding hydrogens is 342 g/mol. The molecule has 0 bridgehead atoms. The van der Waals surface area contributed by atoms with Crippen LogP contribution in [0.5, 0.6) is 0 Å². The zero-order valence-corrected chi connectivity index (χ0v) is 18.4. The van der Waals surface area contributed by atoms with E-state index in [9.17, 15) is 4.79 Å². The third-order valence-electron chi connectivity index (χ3n) is 5.76. The molecule has 0 amide bonds. The standard InChI is InChI=1S/C26H40NO/c1-4-5-6-7-8-9-10-11-12-15-20-27(2,3)22-26(28)25-19-18-23-16-13-14-17-24(23)21-25/h13-14,16-19,21H,4-12,15,20,22H2,1-3H3/q+1. The molecule has 2 aromatic carbocycles. The monoisotopic (exact) mass is 382 g/mol. The summed E-state index contributed by atoms with van der Waals surface area (Å²) in [6.07, 6.45) is 13.6. The number of Topliss-reactive ketones (excluding diaryl/α,β-unsaturated/α-hetero) is 1. The molecule has 0 radical (unpaired) electrons. The average Bonchev–Trinajstić information content (AvgIpc) is 2.68. The molecule has 0 aliphatic rings. The Bertz CT molecular complexity index is 719. The van der Waals surface area contributed by atoms with Gasteiger partial charge in [-0.3, -0.25) is 4.79 Å². The lowest BCUT2D eigenvalue weighted by Gasteiger charge is -2.29. The Morgan fingerprint density at radius 2 is 1.32 bits per heavy atom. The highest BCUT2D eigenvalue weighted by Crippen LogP contribution is 2.17. The van der Waals surface area contributed by atoms with Crippen LogP contribution >= 0.6 is 0 Å². The summed E-state index contributed by atoms with van der Waals surface area (Å²) in [5, 5.41) is 2.34. The Morgan fingerprint density at radius 3 is 1.96 bits per heavy atom. The van der Waals surface area contributed by atoms with Crippen LogP contribution in [-0.2, 0) is 0 Å². The number of carbonyl (C=O) groups is 1. The Labute approximate surface area is 172 Å². The molecule has 0 saturated heterocycles. The van der Waals surface area contributed by atoms with Crippen LogP contribution in [0.1, 0.15) is 81.5 Å². The number of carbonyl (C=O) groups excluding carboxylic acids is 1. The van der Waals surface area contributed by atoms with Crippen molar-refractivity contribution in [3.8, 4) is 0 Å². The molecule has 2 rings (SSSR count). The van der Waals surface area contributed by atoms with Gasteiger partial charge in [0, 0.05) is 5.56 Å². The van der Waals surface area contributed by atoms with Crippen LogP contribution < -0.4 is 0 Å². The van der Waals surface area contributed by atoms with Crippen LogP contribution in [-0.4, -0.2) is 37.5 Å². The van der Waals surface area contributed by atoms with Crippen molar-refractivity contribution in [1.82, 2.24) is 0 Å². The Morgan fingerprint density at radius 1 is 0.750 bits per heavy atom. The van der Waals surface area contributed by atoms with Gasteiger partial charge >= 0.3 is 0 Å². The number of hydrogen-bond acceptors (Lipinski definition) is 1. The molecule has 28 heavy (non-hydrogen) atoms. The normalized spacial score (nSPS) is 11.8. The van der Waals surface area contributed by atoms with E-state index in [1.807, 2.05) is 24.3 Å². The summed E-state index contributed by atoms with van der Waals surface area (Å²) in [7, 11) is 4.37. The summed E-state index contributed by atoms with van der Waals surface area (Å²) in [5.41, 5.74) is 0.841. The summed E-state index contributed by atoms with van der Waals surface area (Å²) in [4.78, 5) is 12.8. The van der Waals surface area contributed by atoms with Crippen molar-refractivity contribution in [2.75, 3.05) is 27.2 Å². The van der Waals surface area contributed by atoms with Crippen molar-refractivity contribution >= 4 is 16.6 Å². The molecule has 0 unspecified atom stereocenters. The lowest BCUT2D eigenvalue weighted by molar-refractivity contribution is -0.882. The van der Waals surface area contributed by atoms with Gasteiger partial charge in [0.2, 0.25) is 5.78 Å². The summed E-state index contributed by atoms with van der Waals surface area (Å²) in [6, 6.07) is 14.3. The molecule has 0 aromatic heterocycles. The Kier molecular flexibility index (Phi) is 9.70. The maximum absolute atomic E-state index is 12.8. The Hall–Kier alpha value is -1.67. The van der Waals surface area contributed by atoms with E-state index in [2.05, 4.69) is 39.2 Å². The molecule has 2 nitrogen and oxygen atoms in total. The third-order valence-corrected chi connectivity index (χ3v) is 5.76. The molecule has 0 heterocycles. The Balaban J connectivity index is 1.66. The molecule has 0 fully saturated rings. The first kappa shape index (κ1) is 22.6. The fraction of sp³-hybridized carbons (Fsp3) is 0.577. The molecule has 2 heteroatoms. The van der Waals surface area contributed by atoms with Gasteiger partial charge in [-0.05, 0) is 29.7 Å². The van der Waals surface area contributed by atoms with Gasteiger partial charge in [0.05, 0.1) is 20.6 Å². The minimum absolute atomic E-state index is 0.253. The van der Waals surface area contributed by atoms with E-state index in [4.69, 9.17) is 0 Å². The molecule has 0 aliphatic heterocycles. The van der Waals surface area contributed by atoms with E-state index in [1.54, 1.807) is 0 Å². The summed E-state index contributed by atoms with van der Waals surface area (Å²) in [6.45, 7) is 3.93. The zero-order chi connectivity index (χ0) is 20.2. The highest BCUT2D eigenvalue weighted by molar-refractivity contribution is 6.00. The number of benzene rings is 2. The van der Waals surface area contributed by atoms with Gasteiger partial charge in [0.15, 0.2) is 0 Å². The molecule has 0 aliphatic carbocycles. The highest BCUT2D eigenvalue weighted by Gasteiger charge is 2.20. The van der Waals surface area contributed by atoms with E-state index >= 15 is 0 Å². The van der Waals surface area contributed by atoms with E-state index in [-0.39, 0.29) is 5.78 Å². The maximum atomic E-state index is 12.8. The van der Waals surface area contributed by atoms with Crippen molar-refractivity contribution in [2.45, 2.75) is 71.1 Å². The second-order valence-corrected chi connectivity index (χ2v) is 8.98. The molecule has 154 valence electrons. The minimum atomic E-state index is 0.253. The van der Waals surface area contributed by atoms with Crippen LogP contribution in [0.3, 0.4) is 0 Å². The lowest BCUT2D eigenvalue weighted by atomic mass is 10.0. The summed E-state index contributed by atoms with van der Waals surface area (Å²) < 4.78 is 0.780. The molecule has 0 spiro atoms. The number of quaternary nitrogens is 1. The predicted molar refractivity (Wildman–Crippen MR) is 122 cm³/mol. The number of hydrogen-bond donors (Lipinski definition) is 0. The summed E-state index contributed by atoms with van der Waals surface area (Å²) in [5.74, 6) is 0.253. The van der Waals surface area contributed by atoms with Crippen LogP contribution in [0, 0.1) is 0 Å². The van der Waals surface area contributed by atoms with Crippen LogP contribution in [0.2, 0.25) is 0 Å². The molecule has 0 saturated carbocycles. The van der Waals surface area contributed by atoms with Gasteiger partial charge < -0.3 is 4.48 Å². The quantitative estimate of drug-likeness (QED) is 0.195. The van der Waals surface area contributed by atoms with Crippen LogP contribution in [0.25, 0.3) is 10.8 Å². The van der Waals surface area contributed by atoms with Gasteiger partial charge in [-0.15, -0.1) is 0 Å². The van der Waals surface area contributed by atoms with Gasteiger partial charge in [0.1, 0.15) is 6.54 Å². The SMILES string of the molecule is CCCCCCCCCCCC[N+](C)(C)CC(=O)c1ccc2ccccc2c1. The van der Waals surface area contributed by atoms with Crippen LogP contribution in [0.4, 0.5) is 0 Å². The zero-order valence-electron chi connectivity index (χ0n) is 18.4. The smallest absolute Gasteiger partial charge is 0.216 e. The predicted octanol–water partition coefficient (Wildman–Crippen LogP) is 7.02. The number of unbranched alkanes of at least 4 members (excludes halogenated alkanes) is 9. The first-order valence-electron chi connectivity index (χ1n) is 11.4.